The molecule has 0 bridgehead atoms. The van der Waals surface area contributed by atoms with Crippen molar-refractivity contribution in [3.05, 3.63) is 60.8 Å². The van der Waals surface area contributed by atoms with Crippen LogP contribution in [0.4, 0.5) is 5.82 Å². The second-order valence-electron chi connectivity index (χ2n) is 6.79. The molecule has 146 valence electrons. The van der Waals surface area contributed by atoms with Crippen molar-refractivity contribution < 1.29 is 8.42 Å². The molecule has 0 saturated carbocycles. The molecule has 1 aliphatic rings. The predicted molar refractivity (Wildman–Crippen MR) is 106 cm³/mol. The van der Waals surface area contributed by atoms with E-state index in [2.05, 4.69) is 20.4 Å². The number of nitrogens with zero attached hydrogens (tertiary/aromatic N) is 5. The maximum atomic E-state index is 12.6. The normalized spacial score (nSPS) is 16.2. The fourth-order valence-electron chi connectivity index (χ4n) is 3.26. The first-order valence-corrected chi connectivity index (χ1v) is 10.7. The minimum atomic E-state index is -3.43. The molecule has 1 atom stereocenters. The highest BCUT2D eigenvalue weighted by Gasteiger charge is 2.27. The van der Waals surface area contributed by atoms with Crippen molar-refractivity contribution in [1.29, 1.82) is 0 Å². The average Bonchev–Trinajstić information content (AvgIpc) is 3.43. The molecule has 3 heterocycles. The molecule has 1 unspecified atom stereocenters. The number of sulfonamides is 1. The topological polar surface area (TPSA) is 93.0 Å². The lowest BCUT2D eigenvalue weighted by molar-refractivity contribution is 0.477. The molecule has 8 nitrogen and oxygen atoms in total. The van der Waals surface area contributed by atoms with Crippen LogP contribution >= 0.6 is 0 Å². The van der Waals surface area contributed by atoms with E-state index in [0.29, 0.717) is 18.9 Å². The van der Waals surface area contributed by atoms with Gasteiger partial charge in [0.15, 0.2) is 0 Å². The van der Waals surface area contributed by atoms with E-state index in [4.69, 9.17) is 0 Å². The Bertz CT molecular complexity index is 1010. The molecular weight excluding hydrogens is 376 g/mol. The second-order valence-corrected chi connectivity index (χ2v) is 8.73. The molecule has 0 spiro atoms. The van der Waals surface area contributed by atoms with Crippen LogP contribution in [0, 0.1) is 0 Å². The van der Waals surface area contributed by atoms with Gasteiger partial charge in [0.05, 0.1) is 5.69 Å². The van der Waals surface area contributed by atoms with Crippen molar-refractivity contribution in [2.75, 3.05) is 18.4 Å². The third-order valence-electron chi connectivity index (χ3n) is 4.88. The van der Waals surface area contributed by atoms with E-state index >= 15 is 0 Å². The van der Waals surface area contributed by atoms with Gasteiger partial charge in [-0.3, -0.25) is 0 Å². The van der Waals surface area contributed by atoms with Crippen LogP contribution in [-0.2, 0) is 10.0 Å². The van der Waals surface area contributed by atoms with Crippen LogP contribution in [-0.4, -0.2) is 45.6 Å². The van der Waals surface area contributed by atoms with E-state index in [1.54, 1.807) is 23.1 Å². The number of benzene rings is 1. The summed E-state index contributed by atoms with van der Waals surface area (Å²) in [7, 11) is -3.43. The fraction of sp³-hybridized carbons (Fsp3) is 0.316. The molecule has 1 fully saturated rings. The maximum Gasteiger partial charge on any atom is 0.244 e. The van der Waals surface area contributed by atoms with Gasteiger partial charge in [-0.15, -0.1) is 0 Å². The zero-order valence-electron chi connectivity index (χ0n) is 15.6. The van der Waals surface area contributed by atoms with Crippen molar-refractivity contribution in [1.82, 2.24) is 24.1 Å². The maximum absolute atomic E-state index is 12.6. The fourth-order valence-corrected chi connectivity index (χ4v) is 4.72. The van der Waals surface area contributed by atoms with E-state index in [1.165, 1.54) is 16.8 Å². The summed E-state index contributed by atoms with van der Waals surface area (Å²) in [6.45, 7) is 3.20. The predicted octanol–water partition coefficient (Wildman–Crippen LogP) is 2.62. The van der Waals surface area contributed by atoms with Crippen LogP contribution in [0.3, 0.4) is 0 Å². The van der Waals surface area contributed by atoms with Crippen molar-refractivity contribution in [3.63, 3.8) is 0 Å². The smallest absolute Gasteiger partial charge is 0.244 e. The van der Waals surface area contributed by atoms with Crippen LogP contribution in [0.1, 0.15) is 31.4 Å². The Kier molecular flexibility index (Phi) is 5.10. The Morgan fingerprint density at radius 1 is 1.07 bits per heavy atom. The van der Waals surface area contributed by atoms with Crippen LogP contribution in [0.2, 0.25) is 0 Å². The highest BCUT2D eigenvalue weighted by Crippen LogP contribution is 2.23. The van der Waals surface area contributed by atoms with E-state index in [1.807, 2.05) is 31.2 Å². The van der Waals surface area contributed by atoms with Crippen molar-refractivity contribution >= 4 is 15.8 Å². The summed E-state index contributed by atoms with van der Waals surface area (Å²) in [5.41, 5.74) is 2.02. The van der Waals surface area contributed by atoms with Crippen molar-refractivity contribution in [2.45, 2.75) is 30.7 Å². The van der Waals surface area contributed by atoms with Gasteiger partial charge in [0.25, 0.3) is 0 Å². The summed E-state index contributed by atoms with van der Waals surface area (Å²) in [4.78, 5) is 8.49. The largest absolute Gasteiger partial charge is 0.364 e. The van der Waals surface area contributed by atoms with Gasteiger partial charge in [0.2, 0.25) is 10.0 Å². The first-order chi connectivity index (χ1) is 13.5. The summed E-state index contributed by atoms with van der Waals surface area (Å²) in [6.07, 6.45) is 6.41. The van der Waals surface area contributed by atoms with Crippen molar-refractivity contribution in [2.24, 2.45) is 0 Å². The van der Waals surface area contributed by atoms with E-state index in [-0.39, 0.29) is 10.9 Å². The van der Waals surface area contributed by atoms with Crippen LogP contribution < -0.4 is 5.32 Å². The van der Waals surface area contributed by atoms with Gasteiger partial charge in [0, 0.05) is 25.3 Å². The minimum absolute atomic E-state index is 0.0123. The molecule has 28 heavy (non-hydrogen) atoms. The monoisotopic (exact) mass is 398 g/mol. The minimum Gasteiger partial charge on any atom is -0.364 e. The molecule has 9 heteroatoms. The van der Waals surface area contributed by atoms with E-state index in [0.717, 1.165) is 24.1 Å². The number of pyridine rings is 1. The van der Waals surface area contributed by atoms with Gasteiger partial charge in [-0.1, -0.05) is 12.1 Å². The number of hydrogen-bond donors (Lipinski definition) is 1. The average molecular weight is 398 g/mol. The van der Waals surface area contributed by atoms with Gasteiger partial charge >= 0.3 is 0 Å². The number of aromatic nitrogens is 4. The Morgan fingerprint density at radius 3 is 2.43 bits per heavy atom. The molecule has 3 aromatic rings. The van der Waals surface area contributed by atoms with Crippen LogP contribution in [0.25, 0.3) is 5.69 Å². The molecule has 1 N–H and O–H groups in total. The van der Waals surface area contributed by atoms with Gasteiger partial charge in [-0.05, 0) is 49.6 Å². The highest BCUT2D eigenvalue weighted by molar-refractivity contribution is 7.89. The summed E-state index contributed by atoms with van der Waals surface area (Å²) in [5.74, 6) is 0.633. The highest BCUT2D eigenvalue weighted by atomic mass is 32.2. The Balaban J connectivity index is 1.44. The molecule has 0 radical (unpaired) electrons. The van der Waals surface area contributed by atoms with Crippen molar-refractivity contribution in [3.8, 4) is 5.69 Å². The first kappa shape index (κ1) is 18.6. The van der Waals surface area contributed by atoms with Crippen LogP contribution in [0.15, 0.2) is 60.1 Å². The second kappa shape index (κ2) is 7.69. The number of nitrogens with one attached hydrogen (secondary N) is 1. The van der Waals surface area contributed by atoms with Gasteiger partial charge in [0.1, 0.15) is 23.4 Å². The number of rotatable bonds is 6. The molecular formula is C19H22N6O2S. The summed E-state index contributed by atoms with van der Waals surface area (Å²) in [5, 5.41) is 7.42. The van der Waals surface area contributed by atoms with Gasteiger partial charge in [-0.2, -0.15) is 9.40 Å². The molecule has 2 aromatic heterocycles. The SMILES string of the molecule is CC(Nc1ccc(S(=O)(=O)N2CCCC2)cn1)c1ccc(-n2cncn2)cc1. The lowest BCUT2D eigenvalue weighted by Gasteiger charge is -2.17. The Morgan fingerprint density at radius 2 is 1.82 bits per heavy atom. The molecule has 0 amide bonds. The first-order valence-electron chi connectivity index (χ1n) is 9.22. The molecule has 1 saturated heterocycles. The van der Waals surface area contributed by atoms with Gasteiger partial charge < -0.3 is 5.32 Å². The molecule has 1 aliphatic heterocycles. The number of hydrogen-bond acceptors (Lipinski definition) is 6. The summed E-state index contributed by atoms with van der Waals surface area (Å²) >= 11 is 0. The number of anilines is 1. The molecule has 1 aromatic carbocycles. The van der Waals surface area contributed by atoms with Gasteiger partial charge in [-0.25, -0.2) is 23.1 Å². The zero-order valence-corrected chi connectivity index (χ0v) is 16.4. The lowest BCUT2D eigenvalue weighted by Crippen LogP contribution is -2.27. The molecule has 0 aliphatic carbocycles. The van der Waals surface area contributed by atoms with E-state index in [9.17, 15) is 8.42 Å². The van der Waals surface area contributed by atoms with E-state index < -0.39 is 10.0 Å². The third kappa shape index (κ3) is 3.76. The lowest BCUT2D eigenvalue weighted by atomic mass is 10.1. The zero-order chi connectivity index (χ0) is 19.6. The third-order valence-corrected chi connectivity index (χ3v) is 6.76. The Hall–Kier alpha value is -2.78. The standard InChI is InChI=1S/C19H22N6O2S/c1-15(16-4-6-17(7-5-16)25-14-20-13-22-25)23-19-9-8-18(12-21-19)28(26,27)24-10-2-3-11-24/h4-9,12-15H,2-3,10-11H2,1H3,(H,21,23). The quantitative estimate of drug-likeness (QED) is 0.686. The van der Waals surface area contributed by atoms with Crippen LogP contribution in [0.5, 0.6) is 0 Å². The molecule has 4 rings (SSSR count). The summed E-state index contributed by atoms with van der Waals surface area (Å²) in [6, 6.07) is 11.3. The summed E-state index contributed by atoms with van der Waals surface area (Å²) < 4.78 is 28.4. The Labute approximate surface area is 164 Å².